The molecule has 5 heteroatoms. The van der Waals surface area contributed by atoms with Crippen molar-refractivity contribution in [3.63, 3.8) is 0 Å². The first-order valence-electron chi connectivity index (χ1n) is 7.31. The molecule has 2 rings (SSSR count). The van der Waals surface area contributed by atoms with Gasteiger partial charge in [0.1, 0.15) is 0 Å². The van der Waals surface area contributed by atoms with Crippen molar-refractivity contribution in [3.8, 4) is 0 Å². The van der Waals surface area contributed by atoms with Crippen LogP contribution in [0, 0.1) is 18.3 Å². The maximum atomic E-state index is 11.8. The number of nitrogens with zero attached hydrogens (tertiary/aromatic N) is 2. The van der Waals surface area contributed by atoms with Crippen molar-refractivity contribution in [1.29, 1.82) is 0 Å². The average Bonchev–Trinajstić information content (AvgIpc) is 2.66. The van der Waals surface area contributed by atoms with Gasteiger partial charge in [0, 0.05) is 13.5 Å². The van der Waals surface area contributed by atoms with Crippen LogP contribution in [0.1, 0.15) is 50.4 Å². The molecule has 0 spiro atoms. The molecule has 20 heavy (non-hydrogen) atoms. The Labute approximate surface area is 125 Å². The zero-order valence-corrected chi connectivity index (χ0v) is 13.2. The van der Waals surface area contributed by atoms with E-state index in [9.17, 15) is 9.90 Å². The molecule has 1 aliphatic carbocycles. The topological polar surface area (TPSA) is 55.1 Å². The van der Waals surface area contributed by atoms with Gasteiger partial charge < -0.3 is 5.11 Å². The summed E-state index contributed by atoms with van der Waals surface area (Å²) in [4.78, 5) is 11.8. The monoisotopic (exact) mass is 298 g/mol. The Balaban J connectivity index is 2.25. The first-order valence-corrected chi connectivity index (χ1v) is 7.69. The van der Waals surface area contributed by atoms with Crippen molar-refractivity contribution >= 4 is 17.6 Å². The van der Waals surface area contributed by atoms with Gasteiger partial charge in [0.15, 0.2) is 0 Å². The van der Waals surface area contributed by atoms with Gasteiger partial charge in [0.05, 0.1) is 21.8 Å². The Bertz CT molecular complexity index is 502. The molecule has 1 heterocycles. The Kier molecular flexibility index (Phi) is 4.43. The highest BCUT2D eigenvalue weighted by atomic mass is 35.5. The number of halogens is 1. The van der Waals surface area contributed by atoms with E-state index < -0.39 is 11.4 Å². The lowest BCUT2D eigenvalue weighted by Gasteiger charge is -2.36. The summed E-state index contributed by atoms with van der Waals surface area (Å²) >= 11 is 6.28. The molecule has 1 saturated carbocycles. The normalized spacial score (nSPS) is 26.7. The summed E-state index contributed by atoms with van der Waals surface area (Å²) in [7, 11) is 1.83. The molecule has 0 aromatic carbocycles. The van der Waals surface area contributed by atoms with Crippen LogP contribution in [-0.4, -0.2) is 20.9 Å². The van der Waals surface area contributed by atoms with Crippen LogP contribution in [-0.2, 0) is 18.3 Å². The van der Waals surface area contributed by atoms with E-state index in [0.29, 0.717) is 17.4 Å². The van der Waals surface area contributed by atoms with E-state index in [1.54, 1.807) is 4.68 Å². The van der Waals surface area contributed by atoms with Crippen molar-refractivity contribution in [2.24, 2.45) is 18.4 Å². The van der Waals surface area contributed by atoms with Gasteiger partial charge in [-0.25, -0.2) is 0 Å². The summed E-state index contributed by atoms with van der Waals surface area (Å²) in [5.74, 6) is -0.0202. The molecule has 4 nitrogen and oxygen atoms in total. The predicted octanol–water partition coefficient (Wildman–Crippen LogP) is 3.60. The fourth-order valence-corrected chi connectivity index (χ4v) is 3.52. The third-order valence-corrected chi connectivity index (χ3v) is 5.35. The van der Waals surface area contributed by atoms with Gasteiger partial charge in [0.2, 0.25) is 0 Å². The maximum absolute atomic E-state index is 11.8. The highest BCUT2D eigenvalue weighted by Crippen LogP contribution is 2.43. The molecule has 0 atom stereocenters. The van der Waals surface area contributed by atoms with Crippen LogP contribution in [0.15, 0.2) is 0 Å². The summed E-state index contributed by atoms with van der Waals surface area (Å²) in [6.07, 6.45) is 5.09. The Morgan fingerprint density at radius 1 is 1.50 bits per heavy atom. The maximum Gasteiger partial charge on any atom is 0.310 e. The molecule has 0 unspecified atom stereocenters. The molecule has 0 saturated heterocycles. The van der Waals surface area contributed by atoms with Crippen LogP contribution in [0.5, 0.6) is 0 Å². The van der Waals surface area contributed by atoms with Gasteiger partial charge in [-0.2, -0.15) is 5.10 Å². The molecular formula is C15H23ClN2O2. The van der Waals surface area contributed by atoms with Gasteiger partial charge >= 0.3 is 5.97 Å². The van der Waals surface area contributed by atoms with Crippen LogP contribution in [0.2, 0.25) is 5.02 Å². The van der Waals surface area contributed by atoms with Crippen molar-refractivity contribution < 1.29 is 9.90 Å². The molecular weight excluding hydrogens is 276 g/mol. The molecule has 0 aliphatic heterocycles. The number of carbonyl (C=O) groups is 1. The van der Waals surface area contributed by atoms with Gasteiger partial charge in [0.25, 0.3) is 0 Å². The summed E-state index contributed by atoms with van der Waals surface area (Å²) in [5, 5.41) is 14.6. The van der Waals surface area contributed by atoms with Crippen molar-refractivity contribution in [2.75, 3.05) is 0 Å². The lowest BCUT2D eigenvalue weighted by molar-refractivity contribution is -0.151. The van der Waals surface area contributed by atoms with E-state index in [0.717, 1.165) is 43.5 Å². The van der Waals surface area contributed by atoms with Crippen molar-refractivity contribution in [1.82, 2.24) is 9.78 Å². The fraction of sp³-hybridized carbons (Fsp3) is 0.733. The largest absolute Gasteiger partial charge is 0.481 e. The molecule has 0 amide bonds. The minimum Gasteiger partial charge on any atom is -0.481 e. The summed E-state index contributed by atoms with van der Waals surface area (Å²) in [5.41, 5.74) is 0.948. The molecule has 0 bridgehead atoms. The van der Waals surface area contributed by atoms with Crippen LogP contribution >= 0.6 is 11.6 Å². The number of hydrogen-bond donors (Lipinski definition) is 1. The number of aromatic nitrogens is 2. The minimum atomic E-state index is -0.693. The number of aliphatic carboxylic acids is 1. The number of aryl methyl sites for hydroxylation is 2. The molecule has 0 radical (unpaired) electrons. The smallest absolute Gasteiger partial charge is 0.310 e. The van der Waals surface area contributed by atoms with Crippen molar-refractivity contribution in [3.05, 3.63) is 16.4 Å². The van der Waals surface area contributed by atoms with E-state index in [2.05, 4.69) is 12.0 Å². The SMILES string of the molecule is CCC1CCC(Cc2c(Cl)c(C)nn2C)(C(=O)O)CC1. The van der Waals surface area contributed by atoms with E-state index in [1.165, 1.54) is 0 Å². The average molecular weight is 299 g/mol. The lowest BCUT2D eigenvalue weighted by Crippen LogP contribution is -2.38. The van der Waals surface area contributed by atoms with E-state index in [1.807, 2.05) is 14.0 Å². The standard InChI is InChI=1S/C15H23ClN2O2/c1-4-11-5-7-15(8-6-11,14(19)20)9-12-13(16)10(2)17-18(12)3/h11H,4-9H2,1-3H3,(H,19,20). The van der Waals surface area contributed by atoms with Crippen LogP contribution in [0.4, 0.5) is 0 Å². The molecule has 1 aromatic heterocycles. The van der Waals surface area contributed by atoms with E-state index in [4.69, 9.17) is 11.6 Å². The van der Waals surface area contributed by atoms with Gasteiger partial charge in [-0.15, -0.1) is 0 Å². The predicted molar refractivity (Wildman–Crippen MR) is 79.0 cm³/mol. The molecule has 1 aromatic rings. The molecule has 1 fully saturated rings. The number of rotatable bonds is 4. The van der Waals surface area contributed by atoms with Crippen LogP contribution < -0.4 is 0 Å². The number of carboxylic acid groups (broad SMARTS) is 1. The summed E-state index contributed by atoms with van der Waals surface area (Å²) in [6.45, 7) is 4.03. The van der Waals surface area contributed by atoms with E-state index in [-0.39, 0.29) is 0 Å². The molecule has 112 valence electrons. The second-order valence-corrected chi connectivity index (χ2v) is 6.46. The quantitative estimate of drug-likeness (QED) is 0.924. The Morgan fingerprint density at radius 3 is 2.50 bits per heavy atom. The summed E-state index contributed by atoms with van der Waals surface area (Å²) in [6, 6.07) is 0. The number of carboxylic acids is 1. The second kappa shape index (κ2) is 5.76. The van der Waals surface area contributed by atoms with Gasteiger partial charge in [-0.05, 0) is 38.5 Å². The first-order chi connectivity index (χ1) is 9.39. The zero-order chi connectivity index (χ0) is 14.9. The molecule has 1 N–H and O–H groups in total. The first kappa shape index (κ1) is 15.4. The summed E-state index contributed by atoms with van der Waals surface area (Å²) < 4.78 is 1.73. The number of hydrogen-bond acceptors (Lipinski definition) is 2. The second-order valence-electron chi connectivity index (χ2n) is 6.08. The Morgan fingerprint density at radius 2 is 2.10 bits per heavy atom. The molecule has 1 aliphatic rings. The Hall–Kier alpha value is -1.03. The van der Waals surface area contributed by atoms with Gasteiger partial charge in [-0.1, -0.05) is 24.9 Å². The van der Waals surface area contributed by atoms with Gasteiger partial charge in [-0.3, -0.25) is 9.48 Å². The van der Waals surface area contributed by atoms with Crippen LogP contribution in [0.3, 0.4) is 0 Å². The minimum absolute atomic E-state index is 0.481. The highest BCUT2D eigenvalue weighted by Gasteiger charge is 2.42. The lowest BCUT2D eigenvalue weighted by atomic mass is 9.67. The van der Waals surface area contributed by atoms with Crippen molar-refractivity contribution in [2.45, 2.75) is 52.4 Å². The third kappa shape index (κ3) is 2.71. The highest BCUT2D eigenvalue weighted by molar-refractivity contribution is 6.31. The van der Waals surface area contributed by atoms with Crippen LogP contribution in [0.25, 0.3) is 0 Å². The zero-order valence-electron chi connectivity index (χ0n) is 12.4. The third-order valence-electron chi connectivity index (χ3n) is 4.86. The van der Waals surface area contributed by atoms with E-state index >= 15 is 0 Å². The fourth-order valence-electron chi connectivity index (χ4n) is 3.30.